The van der Waals surface area contributed by atoms with Crippen LogP contribution in [0.25, 0.3) is 0 Å². The number of rotatable bonds is 4. The molecule has 2 aromatic carbocycles. The topological polar surface area (TPSA) is 72.6 Å². The second-order valence-electron chi connectivity index (χ2n) is 3.86. The van der Waals surface area contributed by atoms with Crippen molar-refractivity contribution in [3.05, 3.63) is 62.1 Å². The van der Waals surface area contributed by atoms with E-state index in [1.54, 1.807) is 12.1 Å². The van der Waals surface area contributed by atoms with E-state index in [1.165, 1.54) is 24.3 Å². The average molecular weight is 314 g/mol. The van der Waals surface area contributed by atoms with Crippen LogP contribution in [0.2, 0.25) is 10.0 Å². The number of aliphatic hydroxyl groups is 1. The molecule has 5 nitrogen and oxygen atoms in total. The summed E-state index contributed by atoms with van der Waals surface area (Å²) in [6.45, 7) is -0.226. The van der Waals surface area contributed by atoms with Gasteiger partial charge < -0.3 is 9.84 Å². The van der Waals surface area contributed by atoms with Crippen LogP contribution in [0, 0.1) is 10.1 Å². The smallest absolute Gasteiger partial charge is 0.269 e. The van der Waals surface area contributed by atoms with Gasteiger partial charge in [-0.05, 0) is 23.8 Å². The maximum atomic E-state index is 10.5. The van der Waals surface area contributed by atoms with E-state index in [-0.39, 0.29) is 22.3 Å². The Morgan fingerprint density at radius 2 is 1.75 bits per heavy atom. The minimum Gasteiger partial charge on any atom is -0.456 e. The first-order valence-electron chi connectivity index (χ1n) is 5.53. The van der Waals surface area contributed by atoms with Crippen molar-refractivity contribution in [2.75, 3.05) is 0 Å². The van der Waals surface area contributed by atoms with E-state index in [9.17, 15) is 10.1 Å². The largest absolute Gasteiger partial charge is 0.456 e. The van der Waals surface area contributed by atoms with Gasteiger partial charge in [-0.3, -0.25) is 10.1 Å². The molecule has 2 rings (SSSR count). The fourth-order valence-electron chi connectivity index (χ4n) is 1.54. The summed E-state index contributed by atoms with van der Waals surface area (Å²) in [7, 11) is 0. The highest BCUT2D eigenvalue weighted by molar-refractivity contribution is 6.43. The molecule has 0 saturated heterocycles. The minimum atomic E-state index is -0.496. The summed E-state index contributed by atoms with van der Waals surface area (Å²) in [5, 5.41) is 20.0. The summed E-state index contributed by atoms with van der Waals surface area (Å²) in [6, 6.07) is 8.74. The van der Waals surface area contributed by atoms with Crippen LogP contribution in [0.15, 0.2) is 36.4 Å². The molecule has 104 valence electrons. The first-order chi connectivity index (χ1) is 9.52. The Bertz CT molecular complexity index is 644. The highest BCUT2D eigenvalue weighted by Gasteiger charge is 2.12. The molecule has 0 fully saturated rings. The van der Waals surface area contributed by atoms with E-state index in [2.05, 4.69) is 0 Å². The fourth-order valence-corrected chi connectivity index (χ4v) is 1.97. The van der Waals surface area contributed by atoms with Crippen molar-refractivity contribution >= 4 is 28.9 Å². The molecule has 0 atom stereocenters. The van der Waals surface area contributed by atoms with Gasteiger partial charge >= 0.3 is 0 Å². The standard InChI is InChI=1S/C13H9Cl2NO4/c14-12-8(7-17)1-6-11(13(12)15)20-10-4-2-9(3-5-10)16(18)19/h1-6,17H,7H2. The lowest BCUT2D eigenvalue weighted by Crippen LogP contribution is -1.91. The Balaban J connectivity index is 2.26. The van der Waals surface area contributed by atoms with Crippen molar-refractivity contribution in [2.24, 2.45) is 0 Å². The average Bonchev–Trinajstić information content (AvgIpc) is 2.45. The van der Waals surface area contributed by atoms with Gasteiger partial charge in [0.25, 0.3) is 5.69 Å². The Labute approximate surface area is 124 Å². The lowest BCUT2D eigenvalue weighted by molar-refractivity contribution is -0.384. The predicted octanol–water partition coefficient (Wildman–Crippen LogP) is 4.19. The Hall–Kier alpha value is -1.82. The summed E-state index contributed by atoms with van der Waals surface area (Å²) >= 11 is 12.0. The number of nitro benzene ring substituents is 1. The van der Waals surface area contributed by atoms with E-state index >= 15 is 0 Å². The molecule has 20 heavy (non-hydrogen) atoms. The molecule has 0 bridgehead atoms. The normalized spacial score (nSPS) is 10.3. The molecule has 0 saturated carbocycles. The van der Waals surface area contributed by atoms with Gasteiger partial charge in [-0.1, -0.05) is 29.3 Å². The van der Waals surface area contributed by atoms with Crippen LogP contribution in [0.5, 0.6) is 11.5 Å². The van der Waals surface area contributed by atoms with E-state index < -0.39 is 4.92 Å². The zero-order chi connectivity index (χ0) is 14.7. The SMILES string of the molecule is O=[N+]([O-])c1ccc(Oc2ccc(CO)c(Cl)c2Cl)cc1. The van der Waals surface area contributed by atoms with Crippen molar-refractivity contribution in [2.45, 2.75) is 6.61 Å². The molecular weight excluding hydrogens is 305 g/mol. The summed E-state index contributed by atoms with van der Waals surface area (Å²) in [4.78, 5) is 10.0. The first-order valence-corrected chi connectivity index (χ1v) is 6.28. The van der Waals surface area contributed by atoms with Crippen molar-refractivity contribution in [1.82, 2.24) is 0 Å². The third-order valence-corrected chi connectivity index (χ3v) is 3.48. The zero-order valence-corrected chi connectivity index (χ0v) is 11.6. The molecule has 0 unspecified atom stereocenters. The van der Waals surface area contributed by atoms with Gasteiger partial charge in [0.2, 0.25) is 0 Å². The second kappa shape index (κ2) is 6.09. The number of nitro groups is 1. The van der Waals surface area contributed by atoms with Gasteiger partial charge in [0.1, 0.15) is 16.5 Å². The number of ether oxygens (including phenoxy) is 1. The highest BCUT2D eigenvalue weighted by atomic mass is 35.5. The van der Waals surface area contributed by atoms with E-state index in [0.29, 0.717) is 17.1 Å². The van der Waals surface area contributed by atoms with Gasteiger partial charge in [0.05, 0.1) is 16.6 Å². The van der Waals surface area contributed by atoms with Crippen LogP contribution in [-0.4, -0.2) is 10.0 Å². The van der Waals surface area contributed by atoms with E-state index in [1.807, 2.05) is 0 Å². The van der Waals surface area contributed by atoms with Gasteiger partial charge in [-0.25, -0.2) is 0 Å². The number of benzene rings is 2. The number of nitrogens with zero attached hydrogens (tertiary/aromatic N) is 1. The summed E-state index contributed by atoms with van der Waals surface area (Å²) in [5.41, 5.74) is 0.463. The molecule has 0 aliphatic rings. The summed E-state index contributed by atoms with van der Waals surface area (Å²) < 4.78 is 5.50. The van der Waals surface area contributed by atoms with E-state index in [4.69, 9.17) is 33.0 Å². The number of non-ortho nitro benzene ring substituents is 1. The first kappa shape index (κ1) is 14.6. The summed E-state index contributed by atoms with van der Waals surface area (Å²) in [5.74, 6) is 0.702. The molecule has 0 aliphatic carbocycles. The minimum absolute atomic E-state index is 0.0305. The Morgan fingerprint density at radius 1 is 1.10 bits per heavy atom. The molecule has 0 aromatic heterocycles. The van der Waals surface area contributed by atoms with Gasteiger partial charge in [-0.2, -0.15) is 0 Å². The zero-order valence-electron chi connectivity index (χ0n) is 10.0. The number of hydrogen-bond acceptors (Lipinski definition) is 4. The highest BCUT2D eigenvalue weighted by Crippen LogP contribution is 2.37. The maximum Gasteiger partial charge on any atom is 0.269 e. The Morgan fingerprint density at radius 3 is 2.30 bits per heavy atom. The van der Waals surface area contributed by atoms with E-state index in [0.717, 1.165) is 0 Å². The summed E-state index contributed by atoms with van der Waals surface area (Å²) in [6.07, 6.45) is 0. The second-order valence-corrected chi connectivity index (χ2v) is 4.62. The molecule has 7 heteroatoms. The van der Waals surface area contributed by atoms with Crippen molar-refractivity contribution in [3.8, 4) is 11.5 Å². The molecule has 0 spiro atoms. The Kier molecular flexibility index (Phi) is 4.44. The molecular formula is C13H9Cl2NO4. The van der Waals surface area contributed by atoms with Crippen molar-refractivity contribution in [3.63, 3.8) is 0 Å². The lowest BCUT2D eigenvalue weighted by Gasteiger charge is -2.10. The lowest BCUT2D eigenvalue weighted by atomic mass is 10.2. The van der Waals surface area contributed by atoms with Crippen LogP contribution >= 0.6 is 23.2 Å². The molecule has 1 N–H and O–H groups in total. The van der Waals surface area contributed by atoms with Crippen LogP contribution in [-0.2, 0) is 6.61 Å². The molecule has 2 aromatic rings. The van der Waals surface area contributed by atoms with Crippen molar-refractivity contribution in [1.29, 1.82) is 0 Å². The third-order valence-electron chi connectivity index (χ3n) is 2.57. The van der Waals surface area contributed by atoms with Gasteiger partial charge in [-0.15, -0.1) is 0 Å². The maximum absolute atomic E-state index is 10.5. The van der Waals surface area contributed by atoms with Crippen LogP contribution in [0.1, 0.15) is 5.56 Å². The predicted molar refractivity (Wildman–Crippen MR) is 75.6 cm³/mol. The van der Waals surface area contributed by atoms with Gasteiger partial charge in [0.15, 0.2) is 0 Å². The van der Waals surface area contributed by atoms with Crippen LogP contribution in [0.3, 0.4) is 0 Å². The number of hydrogen-bond donors (Lipinski definition) is 1. The van der Waals surface area contributed by atoms with Crippen molar-refractivity contribution < 1.29 is 14.8 Å². The number of aliphatic hydroxyl groups excluding tert-OH is 1. The van der Waals surface area contributed by atoms with Gasteiger partial charge in [0, 0.05) is 12.1 Å². The number of halogens is 2. The monoisotopic (exact) mass is 313 g/mol. The molecule has 0 heterocycles. The molecule has 0 amide bonds. The van der Waals surface area contributed by atoms with Crippen LogP contribution < -0.4 is 4.74 Å². The fraction of sp³-hybridized carbons (Fsp3) is 0.0769. The molecule has 0 radical (unpaired) electrons. The third kappa shape index (κ3) is 3.01. The van der Waals surface area contributed by atoms with Crippen LogP contribution in [0.4, 0.5) is 5.69 Å². The quantitative estimate of drug-likeness (QED) is 0.678. The molecule has 0 aliphatic heterocycles.